The number of hydrogen-bond donors (Lipinski definition) is 2. The number of amides is 1. The van der Waals surface area contributed by atoms with Crippen LogP contribution in [0.15, 0.2) is 30.3 Å². The third kappa shape index (κ3) is 6.06. The van der Waals surface area contributed by atoms with E-state index in [4.69, 9.17) is 4.74 Å². The van der Waals surface area contributed by atoms with Gasteiger partial charge in [0.25, 0.3) is 0 Å². The van der Waals surface area contributed by atoms with Crippen LogP contribution in [0.25, 0.3) is 0 Å². The minimum atomic E-state index is -0.432. The molecule has 0 saturated heterocycles. The van der Waals surface area contributed by atoms with Crippen LogP contribution in [0.5, 0.6) is 0 Å². The summed E-state index contributed by atoms with van der Waals surface area (Å²) in [6.07, 6.45) is 3.89. The number of carbonyl (C=O) groups excluding carboxylic acids is 1. The lowest BCUT2D eigenvalue weighted by atomic mass is 9.91. The first kappa shape index (κ1) is 16.8. The van der Waals surface area contributed by atoms with Gasteiger partial charge >= 0.3 is 6.09 Å². The van der Waals surface area contributed by atoms with E-state index in [2.05, 4.69) is 34.9 Å². The van der Waals surface area contributed by atoms with Gasteiger partial charge in [-0.3, -0.25) is 0 Å². The molecule has 0 bridgehead atoms. The van der Waals surface area contributed by atoms with E-state index < -0.39 is 5.60 Å². The zero-order valence-corrected chi connectivity index (χ0v) is 13.9. The molecule has 0 aromatic heterocycles. The summed E-state index contributed by atoms with van der Waals surface area (Å²) in [6.45, 7) is 6.57. The van der Waals surface area contributed by atoms with Gasteiger partial charge < -0.3 is 15.4 Å². The second-order valence-corrected chi connectivity index (χ2v) is 7.06. The number of rotatable bonds is 4. The first-order valence-corrected chi connectivity index (χ1v) is 8.19. The Balaban J connectivity index is 1.66. The predicted octanol–water partition coefficient (Wildman–Crippen LogP) is 3.61. The molecule has 1 aromatic rings. The molecule has 2 N–H and O–H groups in total. The highest BCUT2D eigenvalue weighted by Crippen LogP contribution is 2.19. The summed E-state index contributed by atoms with van der Waals surface area (Å²) in [5.41, 5.74) is 0.884. The lowest BCUT2D eigenvalue weighted by Crippen LogP contribution is -2.43. The van der Waals surface area contributed by atoms with E-state index in [9.17, 15) is 4.79 Å². The summed E-state index contributed by atoms with van der Waals surface area (Å²) in [7, 11) is 0. The maximum atomic E-state index is 11.8. The predicted molar refractivity (Wildman–Crippen MR) is 88.7 cm³/mol. The number of nitrogens with one attached hydrogen (secondary N) is 2. The third-order valence-corrected chi connectivity index (χ3v) is 3.89. The maximum Gasteiger partial charge on any atom is 0.407 e. The highest BCUT2D eigenvalue weighted by molar-refractivity contribution is 5.68. The van der Waals surface area contributed by atoms with Crippen LogP contribution in [0.2, 0.25) is 0 Å². The Labute approximate surface area is 133 Å². The summed E-state index contributed by atoms with van der Waals surface area (Å²) < 4.78 is 5.31. The Kier molecular flexibility index (Phi) is 5.83. The molecular formula is C18H28N2O2. The van der Waals surface area contributed by atoms with Gasteiger partial charge in [0, 0.05) is 18.6 Å². The molecule has 1 amide bonds. The van der Waals surface area contributed by atoms with Crippen LogP contribution in [0, 0.1) is 0 Å². The number of carbonyl (C=O) groups is 1. The van der Waals surface area contributed by atoms with Crippen molar-refractivity contribution in [2.24, 2.45) is 0 Å². The monoisotopic (exact) mass is 304 g/mol. The van der Waals surface area contributed by atoms with Crippen molar-refractivity contribution in [2.45, 2.75) is 70.7 Å². The number of alkyl carbamates (subject to hydrolysis) is 1. The molecule has 4 nitrogen and oxygen atoms in total. The van der Waals surface area contributed by atoms with Crippen LogP contribution in [0.3, 0.4) is 0 Å². The molecule has 1 fully saturated rings. The van der Waals surface area contributed by atoms with Crippen molar-refractivity contribution >= 4 is 6.09 Å². The van der Waals surface area contributed by atoms with Crippen molar-refractivity contribution in [3.63, 3.8) is 0 Å². The Morgan fingerprint density at radius 1 is 1.09 bits per heavy atom. The molecule has 1 aromatic carbocycles. The van der Waals surface area contributed by atoms with Crippen LogP contribution in [0.1, 0.15) is 52.0 Å². The Bertz CT molecular complexity index is 460. The van der Waals surface area contributed by atoms with E-state index in [1.807, 2.05) is 26.8 Å². The molecule has 0 unspecified atom stereocenters. The molecule has 2 rings (SSSR count). The summed E-state index contributed by atoms with van der Waals surface area (Å²) >= 11 is 0. The van der Waals surface area contributed by atoms with E-state index in [-0.39, 0.29) is 12.1 Å². The Hall–Kier alpha value is -1.55. The smallest absolute Gasteiger partial charge is 0.407 e. The number of ether oxygens (including phenoxy) is 1. The van der Waals surface area contributed by atoms with E-state index in [0.717, 1.165) is 32.2 Å². The van der Waals surface area contributed by atoms with E-state index in [1.54, 1.807) is 0 Å². The van der Waals surface area contributed by atoms with Gasteiger partial charge in [-0.05, 0) is 52.0 Å². The maximum absolute atomic E-state index is 11.8. The van der Waals surface area contributed by atoms with Gasteiger partial charge in [0.05, 0.1) is 0 Å². The molecule has 0 atom stereocenters. The Morgan fingerprint density at radius 3 is 2.27 bits per heavy atom. The molecule has 0 radical (unpaired) electrons. The van der Waals surface area contributed by atoms with Crippen LogP contribution < -0.4 is 10.6 Å². The molecule has 0 spiro atoms. The van der Waals surface area contributed by atoms with Gasteiger partial charge in [0.15, 0.2) is 0 Å². The van der Waals surface area contributed by atoms with Gasteiger partial charge in [0.1, 0.15) is 5.60 Å². The van der Waals surface area contributed by atoms with E-state index in [0.29, 0.717) is 6.04 Å². The van der Waals surface area contributed by atoms with Gasteiger partial charge in [-0.1, -0.05) is 30.3 Å². The molecule has 1 aliphatic carbocycles. The molecule has 1 aliphatic rings. The fourth-order valence-electron chi connectivity index (χ4n) is 2.77. The average molecular weight is 304 g/mol. The molecule has 0 aliphatic heterocycles. The zero-order valence-electron chi connectivity index (χ0n) is 13.9. The minimum absolute atomic E-state index is 0.240. The SMILES string of the molecule is CC(C)(C)OC(=O)N[C@H]1CC[C@H](NCc2ccccc2)CC1. The van der Waals surface area contributed by atoms with Gasteiger partial charge in [-0.25, -0.2) is 4.79 Å². The molecule has 122 valence electrons. The van der Waals surface area contributed by atoms with Crippen LogP contribution in [-0.2, 0) is 11.3 Å². The molecule has 1 saturated carbocycles. The van der Waals surface area contributed by atoms with Crippen molar-refractivity contribution < 1.29 is 9.53 Å². The van der Waals surface area contributed by atoms with Crippen LogP contribution in [0.4, 0.5) is 4.79 Å². The number of benzene rings is 1. The van der Waals surface area contributed by atoms with Gasteiger partial charge in [-0.2, -0.15) is 0 Å². The fraction of sp³-hybridized carbons (Fsp3) is 0.611. The second kappa shape index (κ2) is 7.63. The normalized spacial score (nSPS) is 22.1. The van der Waals surface area contributed by atoms with E-state index >= 15 is 0 Å². The fourth-order valence-corrected chi connectivity index (χ4v) is 2.77. The first-order chi connectivity index (χ1) is 10.4. The lowest BCUT2D eigenvalue weighted by molar-refractivity contribution is 0.0490. The number of hydrogen-bond acceptors (Lipinski definition) is 3. The quantitative estimate of drug-likeness (QED) is 0.893. The molecular weight excluding hydrogens is 276 g/mol. The summed E-state index contributed by atoms with van der Waals surface area (Å²) in [4.78, 5) is 11.8. The third-order valence-electron chi connectivity index (χ3n) is 3.89. The van der Waals surface area contributed by atoms with Crippen molar-refractivity contribution in [3.05, 3.63) is 35.9 Å². The standard InChI is InChI=1S/C18H28N2O2/c1-18(2,3)22-17(21)20-16-11-9-15(10-12-16)19-13-14-7-5-4-6-8-14/h4-8,15-16,19H,9-13H2,1-3H3,(H,20,21)/t15-,16-. The molecule has 22 heavy (non-hydrogen) atoms. The van der Waals surface area contributed by atoms with Gasteiger partial charge in [0.2, 0.25) is 0 Å². The highest BCUT2D eigenvalue weighted by atomic mass is 16.6. The Morgan fingerprint density at radius 2 is 1.68 bits per heavy atom. The first-order valence-electron chi connectivity index (χ1n) is 8.19. The van der Waals surface area contributed by atoms with E-state index in [1.165, 1.54) is 5.56 Å². The second-order valence-electron chi connectivity index (χ2n) is 7.06. The summed E-state index contributed by atoms with van der Waals surface area (Å²) in [5, 5.41) is 6.59. The molecule has 0 heterocycles. The summed E-state index contributed by atoms with van der Waals surface area (Å²) in [6, 6.07) is 11.2. The van der Waals surface area contributed by atoms with Crippen molar-refractivity contribution in [2.75, 3.05) is 0 Å². The average Bonchev–Trinajstić information content (AvgIpc) is 2.45. The van der Waals surface area contributed by atoms with Crippen molar-refractivity contribution in [1.29, 1.82) is 0 Å². The topological polar surface area (TPSA) is 50.4 Å². The lowest BCUT2D eigenvalue weighted by Gasteiger charge is -2.30. The van der Waals surface area contributed by atoms with Crippen molar-refractivity contribution in [3.8, 4) is 0 Å². The summed E-state index contributed by atoms with van der Waals surface area (Å²) in [5.74, 6) is 0. The van der Waals surface area contributed by atoms with Crippen LogP contribution >= 0.6 is 0 Å². The van der Waals surface area contributed by atoms with Crippen molar-refractivity contribution in [1.82, 2.24) is 10.6 Å². The highest BCUT2D eigenvalue weighted by Gasteiger charge is 2.24. The van der Waals surface area contributed by atoms with Gasteiger partial charge in [-0.15, -0.1) is 0 Å². The largest absolute Gasteiger partial charge is 0.444 e. The zero-order chi connectivity index (χ0) is 16.0. The minimum Gasteiger partial charge on any atom is -0.444 e. The van der Waals surface area contributed by atoms with Crippen LogP contribution in [-0.4, -0.2) is 23.8 Å². The molecule has 4 heteroatoms.